The Morgan fingerprint density at radius 2 is 1.80 bits per heavy atom. The van der Waals surface area contributed by atoms with Crippen molar-refractivity contribution in [3.63, 3.8) is 0 Å². The van der Waals surface area contributed by atoms with Crippen LogP contribution in [0.3, 0.4) is 0 Å². The van der Waals surface area contributed by atoms with E-state index < -0.39 is 0 Å². The lowest BCUT2D eigenvalue weighted by Crippen LogP contribution is -1.95. The summed E-state index contributed by atoms with van der Waals surface area (Å²) in [7, 11) is 4.65. The number of rotatable bonds is 6. The maximum absolute atomic E-state index is 9.73. The number of nitriles is 1. The van der Waals surface area contributed by atoms with Gasteiger partial charge in [-0.25, -0.2) is 4.98 Å². The fourth-order valence-electron chi connectivity index (χ4n) is 3.11. The Morgan fingerprint density at radius 3 is 2.43 bits per heavy atom. The predicted molar refractivity (Wildman–Crippen MR) is 117 cm³/mol. The molecule has 0 amide bonds. The molecule has 0 saturated carbocycles. The zero-order valence-corrected chi connectivity index (χ0v) is 17.4. The molecular formula is C23H18N2O4S. The second-order valence-corrected chi connectivity index (χ2v) is 7.17. The number of allylic oxidation sites excluding steroid dienone is 1. The first-order valence-corrected chi connectivity index (χ1v) is 9.91. The molecule has 0 aliphatic carbocycles. The van der Waals surface area contributed by atoms with Gasteiger partial charge in [0.15, 0.2) is 17.3 Å². The first-order chi connectivity index (χ1) is 14.7. The summed E-state index contributed by atoms with van der Waals surface area (Å²) >= 11 is 1.38. The summed E-state index contributed by atoms with van der Waals surface area (Å²) in [5.41, 5.74) is 2.66. The third kappa shape index (κ3) is 3.61. The molecule has 2 aromatic heterocycles. The zero-order chi connectivity index (χ0) is 21.1. The molecule has 4 aromatic rings. The highest BCUT2D eigenvalue weighted by Crippen LogP contribution is 2.39. The van der Waals surface area contributed by atoms with Crippen molar-refractivity contribution in [2.75, 3.05) is 21.3 Å². The van der Waals surface area contributed by atoms with Gasteiger partial charge in [0.2, 0.25) is 5.75 Å². The van der Waals surface area contributed by atoms with Crippen LogP contribution in [0.25, 0.3) is 34.1 Å². The molecule has 0 N–H and O–H groups in total. The zero-order valence-electron chi connectivity index (χ0n) is 16.6. The quantitative estimate of drug-likeness (QED) is 0.377. The van der Waals surface area contributed by atoms with Gasteiger partial charge in [-0.1, -0.05) is 18.2 Å². The van der Waals surface area contributed by atoms with Gasteiger partial charge in [-0.15, -0.1) is 11.3 Å². The van der Waals surface area contributed by atoms with Crippen molar-refractivity contribution in [1.82, 2.24) is 4.98 Å². The highest BCUT2D eigenvalue weighted by molar-refractivity contribution is 7.11. The summed E-state index contributed by atoms with van der Waals surface area (Å²) in [6.45, 7) is 0. The molecule has 0 bridgehead atoms. The van der Waals surface area contributed by atoms with E-state index in [4.69, 9.17) is 18.6 Å². The topological polar surface area (TPSA) is 77.5 Å². The van der Waals surface area contributed by atoms with Crippen LogP contribution in [0.5, 0.6) is 17.2 Å². The summed E-state index contributed by atoms with van der Waals surface area (Å²) in [6.07, 6.45) is 1.74. The Labute approximate surface area is 177 Å². The second kappa shape index (κ2) is 8.31. The van der Waals surface area contributed by atoms with Crippen LogP contribution in [0.4, 0.5) is 0 Å². The highest BCUT2D eigenvalue weighted by Gasteiger charge is 2.15. The monoisotopic (exact) mass is 418 g/mol. The number of hydrogen-bond acceptors (Lipinski definition) is 7. The lowest BCUT2D eigenvalue weighted by Gasteiger charge is -2.13. The Kier molecular flexibility index (Phi) is 5.42. The van der Waals surface area contributed by atoms with Gasteiger partial charge >= 0.3 is 0 Å². The van der Waals surface area contributed by atoms with Gasteiger partial charge in [0.1, 0.15) is 22.4 Å². The highest BCUT2D eigenvalue weighted by atomic mass is 32.1. The summed E-state index contributed by atoms with van der Waals surface area (Å²) in [5.74, 6) is 2.20. The summed E-state index contributed by atoms with van der Waals surface area (Å²) in [4.78, 5) is 4.61. The number of furan rings is 1. The van der Waals surface area contributed by atoms with Crippen molar-refractivity contribution in [1.29, 1.82) is 5.26 Å². The summed E-state index contributed by atoms with van der Waals surface area (Å²) in [6, 6.07) is 15.5. The van der Waals surface area contributed by atoms with E-state index in [9.17, 15) is 5.26 Å². The molecule has 0 saturated heterocycles. The van der Waals surface area contributed by atoms with Gasteiger partial charge in [0.25, 0.3) is 0 Å². The molecule has 7 heteroatoms. The Morgan fingerprint density at radius 1 is 1.07 bits per heavy atom. The van der Waals surface area contributed by atoms with Gasteiger partial charge in [0.05, 0.1) is 26.9 Å². The third-order valence-electron chi connectivity index (χ3n) is 4.53. The number of methoxy groups -OCH3 is 3. The normalized spacial score (nSPS) is 11.3. The van der Waals surface area contributed by atoms with E-state index in [2.05, 4.69) is 11.1 Å². The lowest BCUT2D eigenvalue weighted by molar-refractivity contribution is 0.324. The fourth-order valence-corrected chi connectivity index (χ4v) is 3.89. The molecular weight excluding hydrogens is 400 g/mol. The molecule has 0 spiro atoms. The van der Waals surface area contributed by atoms with Crippen LogP contribution >= 0.6 is 11.3 Å². The molecule has 0 aliphatic heterocycles. The second-order valence-electron chi connectivity index (χ2n) is 6.31. The molecule has 150 valence electrons. The number of para-hydroxylation sites is 1. The summed E-state index contributed by atoms with van der Waals surface area (Å²) in [5, 5.41) is 13.2. The van der Waals surface area contributed by atoms with Crippen LogP contribution in [0, 0.1) is 11.3 Å². The number of nitrogens with zero attached hydrogens (tertiary/aromatic N) is 2. The Hall–Kier alpha value is -3.76. The van der Waals surface area contributed by atoms with E-state index >= 15 is 0 Å². The van der Waals surface area contributed by atoms with Crippen molar-refractivity contribution in [2.24, 2.45) is 0 Å². The molecule has 0 aliphatic rings. The molecule has 2 heterocycles. The molecule has 0 fully saturated rings. The predicted octanol–water partition coefficient (Wildman–Crippen LogP) is 5.65. The number of fused-ring (bicyclic) bond motifs is 1. The minimum absolute atomic E-state index is 0.427. The van der Waals surface area contributed by atoms with Crippen LogP contribution in [0.2, 0.25) is 0 Å². The van der Waals surface area contributed by atoms with Crippen LogP contribution < -0.4 is 14.2 Å². The lowest BCUT2D eigenvalue weighted by atomic mass is 10.1. The molecule has 0 unspecified atom stereocenters. The van der Waals surface area contributed by atoms with Gasteiger partial charge < -0.3 is 18.6 Å². The average Bonchev–Trinajstić information content (AvgIpc) is 3.43. The van der Waals surface area contributed by atoms with Crippen molar-refractivity contribution >= 4 is 34.0 Å². The Balaban J connectivity index is 1.71. The third-order valence-corrected chi connectivity index (χ3v) is 5.41. The maximum atomic E-state index is 9.73. The number of benzene rings is 2. The molecule has 2 aromatic carbocycles. The smallest absolute Gasteiger partial charge is 0.203 e. The number of hydrogen-bond donors (Lipinski definition) is 0. The molecule has 4 rings (SSSR count). The van der Waals surface area contributed by atoms with Crippen molar-refractivity contribution in [2.45, 2.75) is 0 Å². The number of aromatic nitrogens is 1. The number of thiazole rings is 1. The van der Waals surface area contributed by atoms with E-state index in [-0.39, 0.29) is 0 Å². The molecule has 30 heavy (non-hydrogen) atoms. The number of ether oxygens (including phenoxy) is 3. The van der Waals surface area contributed by atoms with Crippen molar-refractivity contribution in [3.8, 4) is 34.8 Å². The van der Waals surface area contributed by atoms with Gasteiger partial charge in [-0.05, 0) is 35.9 Å². The molecule has 0 radical (unpaired) electrons. The first kappa shape index (κ1) is 19.6. The van der Waals surface area contributed by atoms with E-state index in [1.54, 1.807) is 39.5 Å². The average molecular weight is 418 g/mol. The van der Waals surface area contributed by atoms with Crippen LogP contribution in [0.15, 0.2) is 52.3 Å². The van der Waals surface area contributed by atoms with Gasteiger partial charge in [-0.2, -0.15) is 5.26 Å². The van der Waals surface area contributed by atoms with Crippen LogP contribution in [0.1, 0.15) is 10.6 Å². The van der Waals surface area contributed by atoms with Crippen LogP contribution in [-0.2, 0) is 0 Å². The molecule has 0 atom stereocenters. The van der Waals surface area contributed by atoms with Crippen molar-refractivity contribution in [3.05, 3.63) is 58.4 Å². The van der Waals surface area contributed by atoms with Gasteiger partial charge in [0, 0.05) is 10.8 Å². The first-order valence-electron chi connectivity index (χ1n) is 9.03. The maximum Gasteiger partial charge on any atom is 0.203 e. The van der Waals surface area contributed by atoms with E-state index in [1.807, 2.05) is 35.7 Å². The van der Waals surface area contributed by atoms with E-state index in [1.165, 1.54) is 11.3 Å². The fraction of sp³-hybridized carbons (Fsp3) is 0.130. The van der Waals surface area contributed by atoms with E-state index in [0.717, 1.165) is 16.5 Å². The molecule has 6 nitrogen and oxygen atoms in total. The van der Waals surface area contributed by atoms with Gasteiger partial charge in [-0.3, -0.25) is 0 Å². The van der Waals surface area contributed by atoms with Crippen LogP contribution in [-0.4, -0.2) is 26.3 Å². The minimum atomic E-state index is 0.427. The standard InChI is InChI=1S/C23H18N2O4S/c1-26-20-9-14(10-21(27-2)22(20)28-3)8-16(12-24)23-25-17(13-30-23)19-11-15-6-4-5-7-18(15)29-19/h4-11,13H,1-3H3. The van der Waals surface area contributed by atoms with E-state index in [0.29, 0.717) is 39.3 Å². The van der Waals surface area contributed by atoms with Crippen molar-refractivity contribution < 1.29 is 18.6 Å². The summed E-state index contributed by atoms with van der Waals surface area (Å²) < 4.78 is 22.0. The largest absolute Gasteiger partial charge is 0.493 e. The Bertz CT molecular complexity index is 1220. The minimum Gasteiger partial charge on any atom is -0.493 e. The SMILES string of the molecule is COc1cc(C=C(C#N)c2nc(-c3cc4ccccc4o3)cs2)cc(OC)c1OC.